The van der Waals surface area contributed by atoms with Crippen LogP contribution in [0.5, 0.6) is 0 Å². The quantitative estimate of drug-likeness (QED) is 0.688. The molecule has 2 N–H and O–H groups in total. The Morgan fingerprint density at radius 1 is 0.929 bits per heavy atom. The van der Waals surface area contributed by atoms with Crippen LogP contribution < -0.4 is 10.0 Å². The molecule has 3 rings (SSSR count). The number of nitrogens with zero attached hydrogens (tertiary/aromatic N) is 1. The smallest absolute Gasteiger partial charge is 0.261 e. The SMILES string of the molecule is Cc1ccc(NS(=O)(=O)c2ccc(C(=O)Nc3cccc(C#N)c3)cc2)cc1. The topological polar surface area (TPSA) is 99.1 Å². The number of rotatable bonds is 5. The fourth-order valence-electron chi connectivity index (χ4n) is 2.49. The molecule has 0 unspecified atom stereocenters. The van der Waals surface area contributed by atoms with Crippen molar-refractivity contribution in [1.82, 2.24) is 0 Å². The second-order valence-electron chi connectivity index (χ2n) is 6.14. The Labute approximate surface area is 163 Å². The van der Waals surface area contributed by atoms with E-state index in [4.69, 9.17) is 5.26 Å². The maximum Gasteiger partial charge on any atom is 0.261 e. The summed E-state index contributed by atoms with van der Waals surface area (Å²) < 4.78 is 27.5. The zero-order valence-electron chi connectivity index (χ0n) is 15.0. The van der Waals surface area contributed by atoms with Crippen LogP contribution in [0.25, 0.3) is 0 Å². The van der Waals surface area contributed by atoms with E-state index in [1.807, 2.05) is 25.1 Å². The molecule has 6 nitrogen and oxygen atoms in total. The third kappa shape index (κ3) is 4.55. The lowest BCUT2D eigenvalue weighted by Crippen LogP contribution is -2.15. The van der Waals surface area contributed by atoms with E-state index >= 15 is 0 Å². The summed E-state index contributed by atoms with van der Waals surface area (Å²) in [4.78, 5) is 12.4. The van der Waals surface area contributed by atoms with Crippen LogP contribution in [0.3, 0.4) is 0 Å². The summed E-state index contributed by atoms with van der Waals surface area (Å²) in [6.07, 6.45) is 0. The van der Waals surface area contributed by atoms with Gasteiger partial charge in [0.15, 0.2) is 0 Å². The fraction of sp³-hybridized carbons (Fsp3) is 0.0476. The van der Waals surface area contributed by atoms with Gasteiger partial charge in [-0.15, -0.1) is 0 Å². The van der Waals surface area contributed by atoms with E-state index in [1.165, 1.54) is 24.3 Å². The van der Waals surface area contributed by atoms with Crippen LogP contribution in [0, 0.1) is 18.3 Å². The minimum atomic E-state index is -3.75. The number of hydrogen-bond donors (Lipinski definition) is 2. The van der Waals surface area contributed by atoms with Crippen molar-refractivity contribution < 1.29 is 13.2 Å². The summed E-state index contributed by atoms with van der Waals surface area (Å²) in [5.41, 5.74) is 2.71. The molecule has 0 spiro atoms. The Morgan fingerprint density at radius 3 is 2.25 bits per heavy atom. The average molecular weight is 391 g/mol. The van der Waals surface area contributed by atoms with Crippen LogP contribution in [-0.4, -0.2) is 14.3 Å². The maximum atomic E-state index is 12.5. The zero-order valence-corrected chi connectivity index (χ0v) is 15.8. The number of aryl methyl sites for hydroxylation is 1. The minimum absolute atomic E-state index is 0.0519. The molecule has 28 heavy (non-hydrogen) atoms. The van der Waals surface area contributed by atoms with Crippen LogP contribution in [0.1, 0.15) is 21.5 Å². The van der Waals surface area contributed by atoms with Gasteiger partial charge in [0.05, 0.1) is 16.5 Å². The third-order valence-corrected chi connectivity index (χ3v) is 5.38. The summed E-state index contributed by atoms with van der Waals surface area (Å²) in [6, 6.07) is 21.1. The summed E-state index contributed by atoms with van der Waals surface area (Å²) in [5.74, 6) is -0.398. The molecule has 0 heterocycles. The van der Waals surface area contributed by atoms with Gasteiger partial charge in [-0.1, -0.05) is 23.8 Å². The lowest BCUT2D eigenvalue weighted by atomic mass is 10.2. The van der Waals surface area contributed by atoms with E-state index in [0.717, 1.165) is 5.56 Å². The van der Waals surface area contributed by atoms with Gasteiger partial charge in [-0.3, -0.25) is 9.52 Å². The number of nitrogens with one attached hydrogen (secondary N) is 2. The molecule has 140 valence electrons. The molecule has 3 aromatic carbocycles. The normalized spacial score (nSPS) is 10.7. The van der Waals surface area contributed by atoms with E-state index in [9.17, 15) is 13.2 Å². The van der Waals surface area contributed by atoms with E-state index < -0.39 is 15.9 Å². The molecular formula is C21H17N3O3S. The Hall–Kier alpha value is -3.63. The van der Waals surface area contributed by atoms with Gasteiger partial charge < -0.3 is 5.32 Å². The highest BCUT2D eigenvalue weighted by atomic mass is 32.2. The maximum absolute atomic E-state index is 12.5. The minimum Gasteiger partial charge on any atom is -0.322 e. The number of carbonyl (C=O) groups excluding carboxylic acids is 1. The van der Waals surface area contributed by atoms with Crippen molar-refractivity contribution in [2.75, 3.05) is 10.0 Å². The molecule has 0 aliphatic heterocycles. The van der Waals surface area contributed by atoms with Gasteiger partial charge in [0, 0.05) is 16.9 Å². The van der Waals surface area contributed by atoms with Crippen molar-refractivity contribution in [3.8, 4) is 6.07 Å². The standard InChI is InChI=1S/C21H17N3O3S/c1-15-5-9-18(10-6-15)24-28(26,27)20-11-7-17(8-12-20)21(25)23-19-4-2-3-16(13-19)14-22/h2-13,24H,1H3,(H,23,25). The Kier molecular flexibility index (Phi) is 5.43. The van der Waals surface area contributed by atoms with Gasteiger partial charge in [-0.2, -0.15) is 5.26 Å². The molecule has 0 aliphatic rings. The van der Waals surface area contributed by atoms with E-state index in [0.29, 0.717) is 22.5 Å². The number of carbonyl (C=O) groups is 1. The Morgan fingerprint density at radius 2 is 1.61 bits per heavy atom. The van der Waals surface area contributed by atoms with Crippen molar-refractivity contribution in [2.24, 2.45) is 0 Å². The number of hydrogen-bond acceptors (Lipinski definition) is 4. The second-order valence-corrected chi connectivity index (χ2v) is 7.83. The molecule has 3 aromatic rings. The van der Waals surface area contributed by atoms with E-state index in [2.05, 4.69) is 10.0 Å². The monoisotopic (exact) mass is 391 g/mol. The van der Waals surface area contributed by atoms with Gasteiger partial charge >= 0.3 is 0 Å². The third-order valence-electron chi connectivity index (χ3n) is 3.98. The lowest BCUT2D eigenvalue weighted by Gasteiger charge is -2.09. The lowest BCUT2D eigenvalue weighted by molar-refractivity contribution is 0.102. The first-order valence-corrected chi connectivity index (χ1v) is 9.87. The molecule has 1 amide bonds. The van der Waals surface area contributed by atoms with Gasteiger partial charge in [0.25, 0.3) is 15.9 Å². The van der Waals surface area contributed by atoms with E-state index in [-0.39, 0.29) is 4.90 Å². The van der Waals surface area contributed by atoms with Crippen molar-refractivity contribution in [3.63, 3.8) is 0 Å². The van der Waals surface area contributed by atoms with Gasteiger partial charge in [0.1, 0.15) is 0 Å². The van der Waals surface area contributed by atoms with Crippen molar-refractivity contribution in [3.05, 3.63) is 89.5 Å². The van der Waals surface area contributed by atoms with Crippen molar-refractivity contribution >= 4 is 27.3 Å². The Bertz CT molecular complexity index is 1150. The highest BCUT2D eigenvalue weighted by molar-refractivity contribution is 7.92. The number of nitriles is 1. The number of anilines is 2. The summed E-state index contributed by atoms with van der Waals surface area (Å²) >= 11 is 0. The van der Waals surface area contributed by atoms with Gasteiger partial charge in [-0.05, 0) is 61.5 Å². The number of sulfonamides is 1. The van der Waals surface area contributed by atoms with E-state index in [1.54, 1.807) is 36.4 Å². The predicted octanol–water partition coefficient (Wildman–Crippen LogP) is 3.92. The molecule has 7 heteroatoms. The summed E-state index contributed by atoms with van der Waals surface area (Å²) in [6.45, 7) is 1.92. The van der Waals surface area contributed by atoms with Crippen LogP contribution in [0.4, 0.5) is 11.4 Å². The highest BCUT2D eigenvalue weighted by Gasteiger charge is 2.15. The molecule has 0 atom stereocenters. The molecule has 0 radical (unpaired) electrons. The summed E-state index contributed by atoms with van der Waals surface area (Å²) in [5, 5.41) is 11.6. The molecule has 0 aliphatic carbocycles. The molecule has 0 saturated heterocycles. The van der Waals surface area contributed by atoms with Crippen molar-refractivity contribution in [1.29, 1.82) is 5.26 Å². The van der Waals surface area contributed by atoms with Gasteiger partial charge in [-0.25, -0.2) is 8.42 Å². The second kappa shape index (κ2) is 7.94. The van der Waals surface area contributed by atoms with Gasteiger partial charge in [0.2, 0.25) is 0 Å². The molecule has 0 aromatic heterocycles. The zero-order chi connectivity index (χ0) is 20.1. The van der Waals surface area contributed by atoms with Crippen molar-refractivity contribution in [2.45, 2.75) is 11.8 Å². The van der Waals surface area contributed by atoms with Crippen LogP contribution >= 0.6 is 0 Å². The van der Waals surface area contributed by atoms with Crippen LogP contribution in [0.15, 0.2) is 77.7 Å². The molecule has 0 saturated carbocycles. The first-order chi connectivity index (χ1) is 13.4. The average Bonchev–Trinajstić information content (AvgIpc) is 2.70. The number of benzene rings is 3. The number of amides is 1. The molecule has 0 bridgehead atoms. The highest BCUT2D eigenvalue weighted by Crippen LogP contribution is 2.18. The van der Waals surface area contributed by atoms with Crippen LogP contribution in [0.2, 0.25) is 0 Å². The first kappa shape index (κ1) is 19.1. The Balaban J connectivity index is 1.74. The molecular weight excluding hydrogens is 374 g/mol. The first-order valence-electron chi connectivity index (χ1n) is 8.38. The summed E-state index contributed by atoms with van der Waals surface area (Å²) in [7, 11) is -3.75. The fourth-order valence-corrected chi connectivity index (χ4v) is 3.55. The largest absolute Gasteiger partial charge is 0.322 e. The predicted molar refractivity (Wildman–Crippen MR) is 108 cm³/mol. The molecule has 0 fully saturated rings. The van der Waals surface area contributed by atoms with Crippen LogP contribution in [-0.2, 0) is 10.0 Å².